The number of amidine groups is 1. The van der Waals surface area contributed by atoms with Crippen LogP contribution in [0.15, 0.2) is 120 Å². The topological polar surface area (TPSA) is 41.4 Å². The third-order valence-corrected chi connectivity index (χ3v) is 10.3. The second-order valence-corrected chi connectivity index (χ2v) is 11.6. The van der Waals surface area contributed by atoms with E-state index in [1.807, 2.05) is 71.9 Å². The molecular weight excluding hydrogens is 445 g/mol. The molecule has 4 aromatic rings. The first-order chi connectivity index (χ1) is 16.0. The number of rotatable bonds is 6. The summed E-state index contributed by atoms with van der Waals surface area (Å²) in [5.74, 6) is -0.324. The summed E-state index contributed by atoms with van der Waals surface area (Å²) in [4.78, 5) is 0. The molecule has 0 spiro atoms. The lowest BCUT2D eigenvalue weighted by atomic mass is 10.1. The molecule has 0 bridgehead atoms. The van der Waals surface area contributed by atoms with Gasteiger partial charge >= 0.3 is 8.24 Å². The molecule has 164 valence electrons. The summed E-state index contributed by atoms with van der Waals surface area (Å²) in [6.45, 7) is 1.87. The van der Waals surface area contributed by atoms with E-state index in [1.165, 1.54) is 6.07 Å². The molecule has 2 N–H and O–H groups in total. The normalized spacial score (nSPS) is 12.8. The van der Waals surface area contributed by atoms with Crippen molar-refractivity contribution in [3.05, 3.63) is 127 Å². The van der Waals surface area contributed by atoms with Crippen LogP contribution in [0.25, 0.3) is 0 Å². The molecule has 0 radical (unpaired) electrons. The monoisotopic (exact) mass is 469 g/mol. The van der Waals surface area contributed by atoms with Crippen LogP contribution in [-0.2, 0) is 12.6 Å². The third kappa shape index (κ3) is 4.35. The Bertz CT molecular complexity index is 1190. The van der Waals surface area contributed by atoms with E-state index in [9.17, 15) is 4.39 Å². The molecule has 0 saturated heterocycles. The highest BCUT2D eigenvalue weighted by Crippen LogP contribution is 2.15. The summed E-state index contributed by atoms with van der Waals surface area (Å²) in [6, 6.07) is 37.4. The van der Waals surface area contributed by atoms with Gasteiger partial charge < -0.3 is 18.4 Å². The van der Waals surface area contributed by atoms with Crippen molar-refractivity contribution in [1.29, 1.82) is 0 Å². The van der Waals surface area contributed by atoms with Crippen molar-refractivity contribution in [2.75, 3.05) is 0 Å². The Morgan fingerprint density at radius 3 is 1.52 bits per heavy atom. The minimum atomic E-state index is -3.09. The predicted octanol–water partition coefficient (Wildman–Crippen LogP) is 3.09. The Morgan fingerprint density at radius 2 is 1.12 bits per heavy atom. The summed E-state index contributed by atoms with van der Waals surface area (Å²) in [5.41, 5.74) is 7.11. The zero-order valence-electron chi connectivity index (χ0n) is 18.2. The standard InChI is InChI=1S/C27H24FN3SSi/c1-21(25-19-11-12-20-26(25)28)31(30-27(29)32)33(22-13-5-2-6-14-22,23-15-7-3-8-16-23)24-17-9-4-10-18-24/h2-20H,1H3,(H2-,29,30,32)/b31-21+. The van der Waals surface area contributed by atoms with Crippen molar-refractivity contribution >= 4 is 47.3 Å². The first kappa shape index (κ1) is 22.6. The molecular formula is C27H24FN3SSi. The van der Waals surface area contributed by atoms with Crippen LogP contribution in [0.2, 0.25) is 0 Å². The Balaban J connectivity index is 2.23. The van der Waals surface area contributed by atoms with E-state index >= 15 is 0 Å². The van der Waals surface area contributed by atoms with Crippen molar-refractivity contribution < 1.29 is 8.74 Å². The molecule has 0 heterocycles. The van der Waals surface area contributed by atoms with Crippen LogP contribution in [0.4, 0.5) is 4.39 Å². The van der Waals surface area contributed by atoms with Crippen molar-refractivity contribution in [2.45, 2.75) is 6.92 Å². The van der Waals surface area contributed by atoms with Gasteiger partial charge in [-0.25, -0.2) is 4.39 Å². The summed E-state index contributed by atoms with van der Waals surface area (Å²) >= 11 is 5.28. The van der Waals surface area contributed by atoms with Crippen molar-refractivity contribution in [2.24, 2.45) is 10.8 Å². The maximum absolute atomic E-state index is 15.0. The van der Waals surface area contributed by atoms with Crippen LogP contribution in [0.5, 0.6) is 0 Å². The van der Waals surface area contributed by atoms with Gasteiger partial charge in [-0.2, -0.15) is 0 Å². The van der Waals surface area contributed by atoms with E-state index < -0.39 is 8.24 Å². The number of hydrogen-bond acceptors (Lipinski definition) is 2. The summed E-state index contributed by atoms with van der Waals surface area (Å²) in [6.07, 6.45) is 0. The van der Waals surface area contributed by atoms with Gasteiger partial charge in [0.25, 0.3) is 0 Å². The summed E-state index contributed by atoms with van der Waals surface area (Å²) in [7, 11) is -3.09. The van der Waals surface area contributed by atoms with Gasteiger partial charge in [-0.05, 0) is 17.2 Å². The molecule has 0 amide bonds. The van der Waals surface area contributed by atoms with E-state index in [-0.39, 0.29) is 11.0 Å². The fraction of sp³-hybridized carbons (Fsp3) is 0.0370. The molecule has 4 rings (SSSR count). The molecule has 0 unspecified atom stereocenters. The highest BCUT2D eigenvalue weighted by Gasteiger charge is 2.56. The lowest BCUT2D eigenvalue weighted by Gasteiger charge is -2.27. The van der Waals surface area contributed by atoms with Crippen LogP contribution in [0, 0.1) is 5.82 Å². The van der Waals surface area contributed by atoms with E-state index in [0.717, 1.165) is 15.6 Å². The zero-order valence-corrected chi connectivity index (χ0v) is 20.0. The van der Waals surface area contributed by atoms with E-state index in [0.29, 0.717) is 11.3 Å². The van der Waals surface area contributed by atoms with Gasteiger partial charge in [0.05, 0.1) is 5.56 Å². The number of nitrogens with zero attached hydrogens (tertiary/aromatic N) is 2. The second kappa shape index (κ2) is 9.89. The van der Waals surface area contributed by atoms with Crippen LogP contribution in [-0.4, -0.2) is 23.5 Å². The molecule has 0 aromatic heterocycles. The zero-order chi connectivity index (χ0) is 23.3. The van der Waals surface area contributed by atoms with Gasteiger partial charge in [0.15, 0.2) is 5.71 Å². The SMILES string of the molecule is C/C(c1ccccc1F)=[N+](/N=C(/N)[S-])[Si](c1ccccc1)(c1ccccc1)c1ccccc1. The maximum Gasteiger partial charge on any atom is 0.488 e. The van der Waals surface area contributed by atoms with Crippen molar-refractivity contribution in [3.63, 3.8) is 0 Å². The maximum atomic E-state index is 15.0. The third-order valence-electron chi connectivity index (χ3n) is 5.67. The predicted molar refractivity (Wildman–Crippen MR) is 139 cm³/mol. The highest BCUT2D eigenvalue weighted by atomic mass is 32.1. The summed E-state index contributed by atoms with van der Waals surface area (Å²) < 4.78 is 16.9. The molecule has 3 nitrogen and oxygen atoms in total. The molecule has 33 heavy (non-hydrogen) atoms. The lowest BCUT2D eigenvalue weighted by molar-refractivity contribution is -0.396. The molecule has 0 aliphatic carbocycles. The molecule has 0 aliphatic heterocycles. The molecule has 4 aromatic carbocycles. The Hall–Kier alpha value is -3.61. The number of benzene rings is 4. The van der Waals surface area contributed by atoms with Gasteiger partial charge in [0.1, 0.15) is 5.82 Å². The number of halogens is 1. The Labute approximate surface area is 200 Å². The second-order valence-electron chi connectivity index (χ2n) is 7.62. The minimum absolute atomic E-state index is 0.00893. The van der Waals surface area contributed by atoms with Crippen LogP contribution in [0.3, 0.4) is 0 Å². The van der Waals surface area contributed by atoms with E-state index in [2.05, 4.69) is 36.4 Å². The van der Waals surface area contributed by atoms with E-state index in [1.54, 1.807) is 12.1 Å². The highest BCUT2D eigenvalue weighted by molar-refractivity contribution is 7.77. The fourth-order valence-corrected chi connectivity index (χ4v) is 9.07. The minimum Gasteiger partial charge on any atom is -0.737 e. The van der Waals surface area contributed by atoms with Crippen LogP contribution in [0.1, 0.15) is 12.5 Å². The van der Waals surface area contributed by atoms with Crippen LogP contribution >= 0.6 is 0 Å². The number of nitrogens with two attached hydrogens (primary N) is 1. The van der Waals surface area contributed by atoms with Gasteiger partial charge in [0, 0.05) is 27.7 Å². The fourth-order valence-electron chi connectivity index (χ4n) is 4.27. The first-order valence-electron chi connectivity index (χ1n) is 10.6. The lowest BCUT2D eigenvalue weighted by Crippen LogP contribution is -2.74. The Kier molecular flexibility index (Phi) is 6.77. The average Bonchev–Trinajstić information content (AvgIpc) is 2.85. The summed E-state index contributed by atoms with van der Waals surface area (Å²) in [5, 5.41) is 7.93. The number of hydrazone groups is 1. The largest absolute Gasteiger partial charge is 0.737 e. The average molecular weight is 470 g/mol. The molecule has 0 atom stereocenters. The molecule has 0 saturated carbocycles. The van der Waals surface area contributed by atoms with Crippen LogP contribution < -0.4 is 21.3 Å². The Morgan fingerprint density at radius 1 is 0.727 bits per heavy atom. The molecule has 6 heteroatoms. The van der Waals surface area contributed by atoms with Gasteiger partial charge in [-0.15, -0.1) is 4.35 Å². The molecule has 0 aliphatic rings. The van der Waals surface area contributed by atoms with Gasteiger partial charge in [0.2, 0.25) is 0 Å². The smallest absolute Gasteiger partial charge is 0.488 e. The van der Waals surface area contributed by atoms with Crippen molar-refractivity contribution in [3.8, 4) is 0 Å². The quantitative estimate of drug-likeness (QED) is 0.118. The number of hydrogen-bond donors (Lipinski definition) is 1. The van der Waals surface area contributed by atoms with Crippen molar-refractivity contribution in [1.82, 2.24) is 0 Å². The van der Waals surface area contributed by atoms with Gasteiger partial charge in [-0.1, -0.05) is 103 Å². The first-order valence-corrected chi connectivity index (χ1v) is 13.0. The van der Waals surface area contributed by atoms with E-state index in [4.69, 9.17) is 23.5 Å². The van der Waals surface area contributed by atoms with Gasteiger partial charge in [-0.3, -0.25) is 0 Å². The molecule has 0 fully saturated rings.